The molecule has 4 nitrogen and oxygen atoms in total. The lowest BCUT2D eigenvalue weighted by atomic mass is 10.0. The fourth-order valence-electron chi connectivity index (χ4n) is 2.54. The number of hydrogen-bond acceptors (Lipinski definition) is 3. The molecule has 26 heavy (non-hydrogen) atoms. The number of hydrogen-bond donors (Lipinski definition) is 2. The Labute approximate surface area is 161 Å². The first kappa shape index (κ1) is 20.4. The molecule has 0 heterocycles. The number of carbonyl (C=O) groups is 1. The first-order valence-corrected chi connectivity index (χ1v) is 9.26. The number of carboxylic acids is 1. The highest BCUT2D eigenvalue weighted by Crippen LogP contribution is 2.24. The van der Waals surface area contributed by atoms with Gasteiger partial charge in [-0.05, 0) is 48.2 Å². The highest BCUT2D eigenvalue weighted by molar-refractivity contribution is 9.10. The van der Waals surface area contributed by atoms with Crippen LogP contribution in [0, 0.1) is 11.7 Å². The molecule has 6 heteroatoms. The van der Waals surface area contributed by atoms with Gasteiger partial charge in [-0.15, -0.1) is 0 Å². The zero-order valence-corrected chi connectivity index (χ0v) is 16.4. The van der Waals surface area contributed by atoms with Crippen molar-refractivity contribution >= 4 is 21.9 Å². The number of ether oxygens (including phenoxy) is 1. The quantitative estimate of drug-likeness (QED) is 0.610. The Kier molecular flexibility index (Phi) is 7.60. The Balaban J connectivity index is 2.06. The van der Waals surface area contributed by atoms with Crippen LogP contribution in [0.25, 0.3) is 0 Å². The van der Waals surface area contributed by atoms with E-state index in [1.807, 2.05) is 32.0 Å². The Morgan fingerprint density at radius 2 is 1.92 bits per heavy atom. The Morgan fingerprint density at radius 3 is 2.54 bits per heavy atom. The zero-order chi connectivity index (χ0) is 19.1. The van der Waals surface area contributed by atoms with Crippen LogP contribution in [0.15, 0.2) is 46.9 Å². The number of rotatable bonds is 9. The van der Waals surface area contributed by atoms with Crippen LogP contribution in [-0.2, 0) is 17.9 Å². The molecule has 0 aliphatic rings. The van der Waals surface area contributed by atoms with Crippen LogP contribution in [0.3, 0.4) is 0 Å². The van der Waals surface area contributed by atoms with Crippen molar-refractivity contribution in [2.45, 2.75) is 39.5 Å². The Hall–Kier alpha value is -1.92. The lowest BCUT2D eigenvalue weighted by Crippen LogP contribution is -2.37. The van der Waals surface area contributed by atoms with E-state index in [0.29, 0.717) is 25.3 Å². The van der Waals surface area contributed by atoms with E-state index in [1.54, 1.807) is 12.1 Å². The van der Waals surface area contributed by atoms with Gasteiger partial charge in [-0.2, -0.15) is 0 Å². The number of benzene rings is 2. The fourth-order valence-corrected chi connectivity index (χ4v) is 2.95. The molecule has 0 fully saturated rings. The second kappa shape index (κ2) is 9.69. The third-order valence-electron chi connectivity index (χ3n) is 3.87. The van der Waals surface area contributed by atoms with Gasteiger partial charge in [0.2, 0.25) is 0 Å². The minimum absolute atomic E-state index is 0.278. The second-order valence-corrected chi connectivity index (χ2v) is 7.48. The summed E-state index contributed by atoms with van der Waals surface area (Å²) in [6.07, 6.45) is 0.551. The molecule has 0 aliphatic heterocycles. The average Bonchev–Trinajstić information content (AvgIpc) is 2.58. The smallest absolute Gasteiger partial charge is 0.320 e. The van der Waals surface area contributed by atoms with Gasteiger partial charge in [0.15, 0.2) is 0 Å². The van der Waals surface area contributed by atoms with Gasteiger partial charge < -0.3 is 15.2 Å². The van der Waals surface area contributed by atoms with Gasteiger partial charge in [0.05, 0.1) is 0 Å². The van der Waals surface area contributed by atoms with Crippen LogP contribution in [0.2, 0.25) is 0 Å². The zero-order valence-electron chi connectivity index (χ0n) is 14.8. The van der Waals surface area contributed by atoms with Gasteiger partial charge in [0, 0.05) is 16.6 Å². The summed E-state index contributed by atoms with van der Waals surface area (Å²) in [4.78, 5) is 11.4. The van der Waals surface area contributed by atoms with Crippen LogP contribution in [0.5, 0.6) is 5.75 Å². The van der Waals surface area contributed by atoms with E-state index in [0.717, 1.165) is 15.6 Å². The molecule has 1 atom stereocenters. The van der Waals surface area contributed by atoms with Crippen LogP contribution in [-0.4, -0.2) is 17.1 Å². The molecule has 0 aliphatic carbocycles. The van der Waals surface area contributed by atoms with E-state index in [1.165, 1.54) is 12.1 Å². The minimum Gasteiger partial charge on any atom is -0.489 e. The Morgan fingerprint density at radius 1 is 1.23 bits per heavy atom. The van der Waals surface area contributed by atoms with Crippen LogP contribution >= 0.6 is 15.9 Å². The summed E-state index contributed by atoms with van der Waals surface area (Å²) in [6.45, 7) is 4.67. The lowest BCUT2D eigenvalue weighted by Gasteiger charge is -2.18. The van der Waals surface area contributed by atoms with Crippen molar-refractivity contribution in [1.29, 1.82) is 0 Å². The van der Waals surface area contributed by atoms with E-state index in [9.17, 15) is 14.3 Å². The number of carboxylic acid groups (broad SMARTS) is 1. The molecule has 2 aromatic carbocycles. The molecule has 0 radical (unpaired) electrons. The monoisotopic (exact) mass is 423 g/mol. The molecule has 0 saturated carbocycles. The first-order chi connectivity index (χ1) is 12.3. The summed E-state index contributed by atoms with van der Waals surface area (Å²) in [5.74, 6) is -0.200. The number of nitrogens with one attached hydrogen (secondary N) is 1. The van der Waals surface area contributed by atoms with E-state index >= 15 is 0 Å². The number of aliphatic carboxylic acids is 1. The summed E-state index contributed by atoms with van der Waals surface area (Å²) >= 11 is 3.44. The lowest BCUT2D eigenvalue weighted by molar-refractivity contribution is -0.140. The van der Waals surface area contributed by atoms with Crippen molar-refractivity contribution in [3.05, 3.63) is 63.9 Å². The van der Waals surface area contributed by atoms with E-state index < -0.39 is 12.0 Å². The third kappa shape index (κ3) is 6.42. The maximum atomic E-state index is 13.0. The molecular weight excluding hydrogens is 401 g/mol. The van der Waals surface area contributed by atoms with Crippen LogP contribution < -0.4 is 10.1 Å². The summed E-state index contributed by atoms with van der Waals surface area (Å²) in [5.41, 5.74) is 1.72. The molecule has 140 valence electrons. The van der Waals surface area contributed by atoms with Gasteiger partial charge in [-0.25, -0.2) is 4.39 Å². The van der Waals surface area contributed by atoms with Gasteiger partial charge >= 0.3 is 5.97 Å². The predicted molar refractivity (Wildman–Crippen MR) is 103 cm³/mol. The molecular formula is C20H23BrFNO3. The normalized spacial score (nSPS) is 12.2. The average molecular weight is 424 g/mol. The molecule has 2 aromatic rings. The number of halogens is 2. The second-order valence-electron chi connectivity index (χ2n) is 6.57. The highest BCUT2D eigenvalue weighted by Gasteiger charge is 2.19. The largest absolute Gasteiger partial charge is 0.489 e. The van der Waals surface area contributed by atoms with E-state index in [4.69, 9.17) is 4.74 Å². The van der Waals surface area contributed by atoms with Gasteiger partial charge in [0.1, 0.15) is 24.2 Å². The van der Waals surface area contributed by atoms with E-state index in [-0.39, 0.29) is 11.7 Å². The molecule has 2 N–H and O–H groups in total. The maximum Gasteiger partial charge on any atom is 0.320 e. The van der Waals surface area contributed by atoms with Gasteiger partial charge in [-0.1, -0.05) is 41.9 Å². The van der Waals surface area contributed by atoms with Gasteiger partial charge in [-0.3, -0.25) is 4.79 Å². The van der Waals surface area contributed by atoms with Crippen molar-refractivity contribution in [3.63, 3.8) is 0 Å². The topological polar surface area (TPSA) is 58.6 Å². The molecule has 0 spiro atoms. The van der Waals surface area contributed by atoms with Crippen molar-refractivity contribution in [3.8, 4) is 5.75 Å². The fraction of sp³-hybridized carbons (Fsp3) is 0.350. The van der Waals surface area contributed by atoms with Crippen molar-refractivity contribution in [1.82, 2.24) is 5.32 Å². The molecule has 0 amide bonds. The SMILES string of the molecule is CC(C)CC(NCc1cc(Br)ccc1OCc1ccc(F)cc1)C(=O)O. The van der Waals surface area contributed by atoms with Crippen molar-refractivity contribution in [2.24, 2.45) is 5.92 Å². The van der Waals surface area contributed by atoms with Gasteiger partial charge in [0.25, 0.3) is 0 Å². The standard InChI is InChI=1S/C20H23BrFNO3/c1-13(2)9-18(20(24)25)23-11-15-10-16(21)5-8-19(15)26-12-14-3-6-17(22)7-4-14/h3-8,10,13,18,23H,9,11-12H2,1-2H3,(H,24,25). The highest BCUT2D eigenvalue weighted by atomic mass is 79.9. The summed E-state index contributed by atoms with van der Waals surface area (Å²) in [5, 5.41) is 12.5. The minimum atomic E-state index is -0.859. The van der Waals surface area contributed by atoms with E-state index in [2.05, 4.69) is 21.2 Å². The summed E-state index contributed by atoms with van der Waals surface area (Å²) in [7, 11) is 0. The summed E-state index contributed by atoms with van der Waals surface area (Å²) in [6, 6.07) is 11.1. The molecule has 1 unspecified atom stereocenters. The predicted octanol–water partition coefficient (Wildman–Crippen LogP) is 4.76. The molecule has 2 rings (SSSR count). The van der Waals surface area contributed by atoms with Crippen molar-refractivity contribution < 1.29 is 19.0 Å². The first-order valence-electron chi connectivity index (χ1n) is 8.47. The molecule has 0 saturated heterocycles. The maximum absolute atomic E-state index is 13.0. The van der Waals surface area contributed by atoms with Crippen LogP contribution in [0.4, 0.5) is 4.39 Å². The molecule has 0 aromatic heterocycles. The third-order valence-corrected chi connectivity index (χ3v) is 4.37. The molecule has 0 bridgehead atoms. The summed E-state index contributed by atoms with van der Waals surface area (Å²) < 4.78 is 19.7. The Bertz CT molecular complexity index is 734. The van der Waals surface area contributed by atoms with Crippen LogP contribution in [0.1, 0.15) is 31.4 Å². The van der Waals surface area contributed by atoms with Crippen molar-refractivity contribution in [2.75, 3.05) is 0 Å².